The van der Waals surface area contributed by atoms with Crippen LogP contribution in [0, 0.1) is 6.92 Å². The highest BCUT2D eigenvalue weighted by atomic mass is 16.1. The van der Waals surface area contributed by atoms with Crippen molar-refractivity contribution < 1.29 is 4.79 Å². The molecule has 1 unspecified atom stereocenters. The van der Waals surface area contributed by atoms with E-state index in [0.717, 1.165) is 23.4 Å². The van der Waals surface area contributed by atoms with Gasteiger partial charge in [-0.1, -0.05) is 6.07 Å². The zero-order valence-corrected chi connectivity index (χ0v) is 9.42. The number of hydrogen-bond donors (Lipinski definition) is 3. The smallest absolute Gasteiger partial charge is 0.220 e. The van der Waals surface area contributed by atoms with Crippen molar-refractivity contribution >= 4 is 17.3 Å². The molecule has 1 saturated heterocycles. The Morgan fingerprint density at radius 2 is 2.31 bits per heavy atom. The van der Waals surface area contributed by atoms with Crippen LogP contribution in [0.4, 0.5) is 11.4 Å². The molecule has 1 aliphatic heterocycles. The van der Waals surface area contributed by atoms with Gasteiger partial charge in [0.15, 0.2) is 0 Å². The van der Waals surface area contributed by atoms with E-state index in [9.17, 15) is 4.79 Å². The number of piperidine rings is 1. The summed E-state index contributed by atoms with van der Waals surface area (Å²) in [6.07, 6.45) is 1.47. The first-order valence-electron chi connectivity index (χ1n) is 5.55. The fourth-order valence-electron chi connectivity index (χ4n) is 1.89. The number of nitrogen functional groups attached to an aromatic ring is 1. The number of hydrogen-bond acceptors (Lipinski definition) is 3. The number of amides is 1. The normalized spacial score (nSPS) is 20.3. The number of carbonyl (C=O) groups excluding carboxylic acids is 1. The summed E-state index contributed by atoms with van der Waals surface area (Å²) < 4.78 is 0. The molecule has 16 heavy (non-hydrogen) atoms. The van der Waals surface area contributed by atoms with E-state index in [2.05, 4.69) is 10.6 Å². The Hall–Kier alpha value is -1.71. The molecule has 4 nitrogen and oxygen atoms in total. The van der Waals surface area contributed by atoms with E-state index in [0.29, 0.717) is 19.0 Å². The monoisotopic (exact) mass is 219 g/mol. The SMILES string of the molecule is Cc1c(N)cccc1NC1CCC(=O)NC1. The van der Waals surface area contributed by atoms with Gasteiger partial charge in [-0.15, -0.1) is 0 Å². The lowest BCUT2D eigenvalue weighted by Crippen LogP contribution is -2.42. The van der Waals surface area contributed by atoms with Gasteiger partial charge in [-0.25, -0.2) is 0 Å². The van der Waals surface area contributed by atoms with Gasteiger partial charge < -0.3 is 16.4 Å². The van der Waals surface area contributed by atoms with Gasteiger partial charge in [-0.2, -0.15) is 0 Å². The summed E-state index contributed by atoms with van der Waals surface area (Å²) in [6, 6.07) is 6.15. The zero-order chi connectivity index (χ0) is 11.5. The van der Waals surface area contributed by atoms with Crippen LogP contribution in [0.3, 0.4) is 0 Å². The quantitative estimate of drug-likeness (QED) is 0.656. The largest absolute Gasteiger partial charge is 0.398 e. The van der Waals surface area contributed by atoms with E-state index >= 15 is 0 Å². The molecule has 86 valence electrons. The van der Waals surface area contributed by atoms with Crippen LogP contribution < -0.4 is 16.4 Å². The van der Waals surface area contributed by atoms with Gasteiger partial charge in [-0.05, 0) is 31.0 Å². The van der Waals surface area contributed by atoms with Gasteiger partial charge in [-0.3, -0.25) is 4.79 Å². The van der Waals surface area contributed by atoms with Crippen LogP contribution in [0.1, 0.15) is 18.4 Å². The molecular weight excluding hydrogens is 202 g/mol. The topological polar surface area (TPSA) is 67.1 Å². The molecule has 1 aromatic rings. The molecule has 4 heteroatoms. The Kier molecular flexibility index (Phi) is 2.99. The standard InChI is InChI=1S/C12H17N3O/c1-8-10(13)3-2-4-11(8)15-9-5-6-12(16)14-7-9/h2-4,9,15H,5-7,13H2,1H3,(H,14,16). The van der Waals surface area contributed by atoms with Crippen LogP contribution in [-0.2, 0) is 4.79 Å². The molecule has 0 aromatic heterocycles. The molecule has 1 fully saturated rings. The first kappa shape index (κ1) is 10.8. The fourth-order valence-corrected chi connectivity index (χ4v) is 1.89. The summed E-state index contributed by atoms with van der Waals surface area (Å²) in [6.45, 7) is 2.69. The summed E-state index contributed by atoms with van der Waals surface area (Å²) in [5.74, 6) is 0.141. The Labute approximate surface area is 95.2 Å². The number of nitrogens with two attached hydrogens (primary N) is 1. The van der Waals surface area contributed by atoms with Gasteiger partial charge in [0.1, 0.15) is 0 Å². The molecule has 1 atom stereocenters. The van der Waals surface area contributed by atoms with Crippen molar-refractivity contribution in [2.75, 3.05) is 17.6 Å². The Morgan fingerprint density at radius 3 is 3.00 bits per heavy atom. The van der Waals surface area contributed by atoms with Gasteiger partial charge in [0.05, 0.1) is 0 Å². The van der Waals surface area contributed by atoms with Gasteiger partial charge in [0, 0.05) is 30.4 Å². The third kappa shape index (κ3) is 2.27. The first-order valence-corrected chi connectivity index (χ1v) is 5.55. The molecule has 0 bridgehead atoms. The summed E-state index contributed by atoms with van der Waals surface area (Å²) in [5.41, 5.74) is 8.76. The molecule has 1 amide bonds. The van der Waals surface area contributed by atoms with Crippen LogP contribution in [0.25, 0.3) is 0 Å². The first-order chi connectivity index (χ1) is 7.66. The summed E-state index contributed by atoms with van der Waals surface area (Å²) in [7, 11) is 0. The summed E-state index contributed by atoms with van der Waals surface area (Å²) >= 11 is 0. The van der Waals surface area contributed by atoms with Crippen molar-refractivity contribution in [1.29, 1.82) is 0 Å². The van der Waals surface area contributed by atoms with Crippen LogP contribution >= 0.6 is 0 Å². The number of benzene rings is 1. The highest BCUT2D eigenvalue weighted by Crippen LogP contribution is 2.22. The molecule has 0 radical (unpaired) electrons. The third-order valence-corrected chi connectivity index (χ3v) is 3.00. The van der Waals surface area contributed by atoms with Crippen molar-refractivity contribution in [3.63, 3.8) is 0 Å². The molecule has 1 aromatic carbocycles. The van der Waals surface area contributed by atoms with Crippen molar-refractivity contribution in [1.82, 2.24) is 5.32 Å². The minimum Gasteiger partial charge on any atom is -0.398 e. The van der Waals surface area contributed by atoms with Crippen molar-refractivity contribution in [3.8, 4) is 0 Å². The minimum atomic E-state index is 0.141. The van der Waals surface area contributed by atoms with E-state index in [1.807, 2.05) is 25.1 Å². The average Bonchev–Trinajstić information content (AvgIpc) is 2.28. The minimum absolute atomic E-state index is 0.141. The molecule has 0 saturated carbocycles. The number of rotatable bonds is 2. The lowest BCUT2D eigenvalue weighted by molar-refractivity contribution is -0.122. The molecule has 0 spiro atoms. The summed E-state index contributed by atoms with van der Waals surface area (Å²) in [4.78, 5) is 11.0. The van der Waals surface area contributed by atoms with E-state index in [-0.39, 0.29) is 5.91 Å². The second-order valence-electron chi connectivity index (χ2n) is 4.20. The van der Waals surface area contributed by atoms with Crippen molar-refractivity contribution in [2.24, 2.45) is 0 Å². The highest BCUT2D eigenvalue weighted by Gasteiger charge is 2.18. The van der Waals surface area contributed by atoms with Crippen LogP contribution in [0.15, 0.2) is 18.2 Å². The van der Waals surface area contributed by atoms with Gasteiger partial charge >= 0.3 is 0 Å². The highest BCUT2D eigenvalue weighted by molar-refractivity contribution is 5.77. The molecule has 1 aliphatic rings. The Balaban J connectivity index is 2.04. The predicted octanol–water partition coefficient (Wildman–Crippen LogP) is 1.27. The Bertz CT molecular complexity index is 393. The van der Waals surface area contributed by atoms with Crippen molar-refractivity contribution in [3.05, 3.63) is 23.8 Å². The fraction of sp³-hybridized carbons (Fsp3) is 0.417. The van der Waals surface area contributed by atoms with Gasteiger partial charge in [0.2, 0.25) is 5.91 Å². The van der Waals surface area contributed by atoms with E-state index < -0.39 is 0 Å². The maximum absolute atomic E-state index is 11.0. The van der Waals surface area contributed by atoms with E-state index in [1.165, 1.54) is 0 Å². The van der Waals surface area contributed by atoms with Crippen LogP contribution in [-0.4, -0.2) is 18.5 Å². The molecular formula is C12H17N3O. The molecule has 0 aliphatic carbocycles. The van der Waals surface area contributed by atoms with E-state index in [4.69, 9.17) is 5.73 Å². The third-order valence-electron chi connectivity index (χ3n) is 3.00. The lowest BCUT2D eigenvalue weighted by atomic mass is 10.1. The summed E-state index contributed by atoms with van der Waals surface area (Å²) in [5, 5.41) is 6.27. The number of nitrogens with one attached hydrogen (secondary N) is 2. The zero-order valence-electron chi connectivity index (χ0n) is 9.42. The average molecular weight is 219 g/mol. The molecule has 2 rings (SSSR count). The Morgan fingerprint density at radius 1 is 1.50 bits per heavy atom. The molecule has 4 N–H and O–H groups in total. The van der Waals surface area contributed by atoms with Crippen molar-refractivity contribution in [2.45, 2.75) is 25.8 Å². The second kappa shape index (κ2) is 4.43. The lowest BCUT2D eigenvalue weighted by Gasteiger charge is -2.25. The second-order valence-corrected chi connectivity index (χ2v) is 4.20. The van der Waals surface area contributed by atoms with Crippen LogP contribution in [0.5, 0.6) is 0 Å². The maximum atomic E-state index is 11.0. The number of carbonyl (C=O) groups is 1. The van der Waals surface area contributed by atoms with Gasteiger partial charge in [0.25, 0.3) is 0 Å². The van der Waals surface area contributed by atoms with E-state index in [1.54, 1.807) is 0 Å². The number of anilines is 2. The maximum Gasteiger partial charge on any atom is 0.220 e. The predicted molar refractivity (Wildman–Crippen MR) is 65.2 cm³/mol. The molecule has 1 heterocycles. The van der Waals surface area contributed by atoms with Crippen LogP contribution in [0.2, 0.25) is 0 Å².